The lowest BCUT2D eigenvalue weighted by Gasteiger charge is -1.99. The largest absolute Gasteiger partial charge is 0.269 e. The summed E-state index contributed by atoms with van der Waals surface area (Å²) in [6.45, 7) is 2.00. The van der Waals surface area contributed by atoms with Crippen LogP contribution in [0.1, 0.15) is 15.9 Å². The Labute approximate surface area is 117 Å². The van der Waals surface area contributed by atoms with Crippen molar-refractivity contribution in [2.75, 3.05) is 0 Å². The Morgan fingerprint density at radius 3 is 2.75 bits per heavy atom. The molecule has 0 aliphatic carbocycles. The summed E-state index contributed by atoms with van der Waals surface area (Å²) in [5.41, 5.74) is 3.78. The monoisotopic (exact) mass is 262 g/mol. The maximum Gasteiger partial charge on any atom is 0.256 e. The van der Waals surface area contributed by atoms with Crippen LogP contribution in [0.15, 0.2) is 60.9 Å². The first-order valence-corrected chi connectivity index (χ1v) is 6.45. The van der Waals surface area contributed by atoms with Gasteiger partial charge in [0.25, 0.3) is 5.91 Å². The molecule has 0 fully saturated rings. The van der Waals surface area contributed by atoms with E-state index in [0.717, 1.165) is 22.2 Å². The fraction of sp³-hybridized carbons (Fsp3) is 0.0588. The topological polar surface area (TPSA) is 34.9 Å². The second kappa shape index (κ2) is 5.13. The third-order valence-electron chi connectivity index (χ3n) is 3.16. The van der Waals surface area contributed by atoms with E-state index in [0.29, 0.717) is 0 Å². The summed E-state index contributed by atoms with van der Waals surface area (Å²) in [5, 5.41) is 0. The molecule has 98 valence electrons. The molecule has 0 aliphatic rings. The van der Waals surface area contributed by atoms with Gasteiger partial charge in [-0.2, -0.15) is 0 Å². The van der Waals surface area contributed by atoms with Crippen LogP contribution in [0.2, 0.25) is 0 Å². The number of carbonyl (C=O) groups excluding carboxylic acids is 1. The number of aryl methyl sites for hydroxylation is 1. The van der Waals surface area contributed by atoms with Crippen LogP contribution in [0.4, 0.5) is 0 Å². The molecular formula is C17H14N2O. The normalized spacial score (nSPS) is 11.2. The summed E-state index contributed by atoms with van der Waals surface area (Å²) in [7, 11) is 0. The van der Waals surface area contributed by atoms with Gasteiger partial charge in [0.05, 0.1) is 11.0 Å². The first kappa shape index (κ1) is 12.4. The lowest BCUT2D eigenvalue weighted by atomic mass is 10.2. The predicted molar refractivity (Wildman–Crippen MR) is 80.6 cm³/mol. The third kappa shape index (κ3) is 2.38. The van der Waals surface area contributed by atoms with Crippen LogP contribution in [0.25, 0.3) is 17.1 Å². The molecule has 0 N–H and O–H groups in total. The van der Waals surface area contributed by atoms with Crippen LogP contribution in [0.5, 0.6) is 0 Å². The molecule has 3 nitrogen and oxygen atoms in total. The predicted octanol–water partition coefficient (Wildman–Crippen LogP) is 3.70. The standard InChI is InChI=1S/C17H14N2O/c1-13-7-9-15-16(11-13)19(12-18-15)17(20)10-8-14-5-3-2-4-6-14/h2-12H,1H3/b10-8+. The maximum atomic E-state index is 12.2. The highest BCUT2D eigenvalue weighted by molar-refractivity contribution is 5.99. The first-order valence-electron chi connectivity index (χ1n) is 6.45. The van der Waals surface area contributed by atoms with Crippen LogP contribution in [0, 0.1) is 6.92 Å². The zero-order chi connectivity index (χ0) is 13.9. The highest BCUT2D eigenvalue weighted by Crippen LogP contribution is 2.15. The van der Waals surface area contributed by atoms with E-state index in [1.165, 1.54) is 0 Å². The molecule has 3 rings (SSSR count). The molecule has 2 aromatic carbocycles. The molecule has 0 spiro atoms. The molecule has 0 amide bonds. The van der Waals surface area contributed by atoms with Gasteiger partial charge in [-0.25, -0.2) is 4.98 Å². The zero-order valence-electron chi connectivity index (χ0n) is 11.2. The van der Waals surface area contributed by atoms with Gasteiger partial charge in [-0.3, -0.25) is 9.36 Å². The zero-order valence-corrected chi connectivity index (χ0v) is 11.2. The fourth-order valence-corrected chi connectivity index (χ4v) is 2.11. The highest BCUT2D eigenvalue weighted by Gasteiger charge is 2.07. The summed E-state index contributed by atoms with van der Waals surface area (Å²) in [5.74, 6) is -0.0954. The molecule has 0 saturated heterocycles. The number of fused-ring (bicyclic) bond motifs is 1. The van der Waals surface area contributed by atoms with Crippen molar-refractivity contribution in [1.29, 1.82) is 0 Å². The Hall–Kier alpha value is -2.68. The number of imidazole rings is 1. The van der Waals surface area contributed by atoms with Crippen LogP contribution < -0.4 is 0 Å². The van der Waals surface area contributed by atoms with Crippen molar-refractivity contribution in [3.05, 3.63) is 72.1 Å². The van der Waals surface area contributed by atoms with E-state index in [1.807, 2.05) is 61.5 Å². The molecule has 0 saturated carbocycles. The van der Waals surface area contributed by atoms with Crippen molar-refractivity contribution in [2.45, 2.75) is 6.92 Å². The minimum Gasteiger partial charge on any atom is -0.269 e. The minimum atomic E-state index is -0.0954. The van der Waals surface area contributed by atoms with Gasteiger partial charge in [0.2, 0.25) is 0 Å². The van der Waals surface area contributed by atoms with Crippen LogP contribution >= 0.6 is 0 Å². The Balaban J connectivity index is 1.93. The first-order chi connectivity index (χ1) is 9.74. The van der Waals surface area contributed by atoms with E-state index in [9.17, 15) is 4.79 Å². The van der Waals surface area contributed by atoms with Crippen molar-refractivity contribution in [2.24, 2.45) is 0 Å². The summed E-state index contributed by atoms with van der Waals surface area (Å²) in [6, 6.07) is 15.6. The number of benzene rings is 2. The number of allylic oxidation sites excluding steroid dienone is 1. The molecule has 0 unspecified atom stereocenters. The smallest absolute Gasteiger partial charge is 0.256 e. The maximum absolute atomic E-state index is 12.2. The SMILES string of the molecule is Cc1ccc2ncn(C(=O)/C=C/c3ccccc3)c2c1. The van der Waals surface area contributed by atoms with Crippen LogP contribution in [-0.2, 0) is 0 Å². The lowest BCUT2D eigenvalue weighted by Crippen LogP contribution is -2.05. The summed E-state index contributed by atoms with van der Waals surface area (Å²) in [6.07, 6.45) is 4.95. The average molecular weight is 262 g/mol. The molecule has 3 aromatic rings. The van der Waals surface area contributed by atoms with Gasteiger partial charge in [0, 0.05) is 6.08 Å². The Morgan fingerprint density at radius 2 is 1.95 bits per heavy atom. The molecule has 1 aromatic heterocycles. The summed E-state index contributed by atoms with van der Waals surface area (Å²) in [4.78, 5) is 16.5. The molecule has 0 aliphatic heterocycles. The van der Waals surface area contributed by atoms with Gasteiger partial charge in [-0.1, -0.05) is 36.4 Å². The van der Waals surface area contributed by atoms with Crippen molar-refractivity contribution >= 4 is 23.0 Å². The van der Waals surface area contributed by atoms with Gasteiger partial charge < -0.3 is 0 Å². The average Bonchev–Trinajstić information content (AvgIpc) is 2.89. The van der Waals surface area contributed by atoms with Gasteiger partial charge in [-0.05, 0) is 36.3 Å². The molecule has 20 heavy (non-hydrogen) atoms. The third-order valence-corrected chi connectivity index (χ3v) is 3.16. The number of nitrogens with zero attached hydrogens (tertiary/aromatic N) is 2. The summed E-state index contributed by atoms with van der Waals surface area (Å²) >= 11 is 0. The Kier molecular flexibility index (Phi) is 3.17. The van der Waals surface area contributed by atoms with E-state index in [4.69, 9.17) is 0 Å². The Bertz CT molecular complexity index is 785. The molecule has 3 heteroatoms. The molecule has 0 atom stereocenters. The molecular weight excluding hydrogens is 248 g/mol. The number of hydrogen-bond donors (Lipinski definition) is 0. The van der Waals surface area contributed by atoms with Crippen molar-refractivity contribution in [1.82, 2.24) is 9.55 Å². The van der Waals surface area contributed by atoms with Crippen molar-refractivity contribution < 1.29 is 4.79 Å². The van der Waals surface area contributed by atoms with E-state index in [2.05, 4.69) is 4.98 Å². The van der Waals surface area contributed by atoms with Gasteiger partial charge in [0.1, 0.15) is 6.33 Å². The van der Waals surface area contributed by atoms with Crippen LogP contribution in [0.3, 0.4) is 0 Å². The fourth-order valence-electron chi connectivity index (χ4n) is 2.11. The lowest BCUT2D eigenvalue weighted by molar-refractivity contribution is 0.0974. The quantitative estimate of drug-likeness (QED) is 0.660. The van der Waals surface area contributed by atoms with Crippen LogP contribution in [-0.4, -0.2) is 15.5 Å². The van der Waals surface area contributed by atoms with Crippen molar-refractivity contribution in [3.63, 3.8) is 0 Å². The highest BCUT2D eigenvalue weighted by atomic mass is 16.1. The minimum absolute atomic E-state index is 0.0954. The number of aromatic nitrogens is 2. The second-order valence-corrected chi connectivity index (χ2v) is 4.69. The molecule has 0 bridgehead atoms. The summed E-state index contributed by atoms with van der Waals surface area (Å²) < 4.78 is 1.57. The number of hydrogen-bond acceptors (Lipinski definition) is 2. The Morgan fingerprint density at radius 1 is 1.15 bits per heavy atom. The van der Waals surface area contributed by atoms with E-state index in [1.54, 1.807) is 17.0 Å². The van der Waals surface area contributed by atoms with E-state index in [-0.39, 0.29) is 5.91 Å². The molecule has 1 heterocycles. The number of carbonyl (C=O) groups is 1. The number of rotatable bonds is 2. The molecule has 0 radical (unpaired) electrons. The van der Waals surface area contributed by atoms with E-state index < -0.39 is 0 Å². The van der Waals surface area contributed by atoms with Gasteiger partial charge in [-0.15, -0.1) is 0 Å². The van der Waals surface area contributed by atoms with Crippen molar-refractivity contribution in [3.8, 4) is 0 Å². The van der Waals surface area contributed by atoms with E-state index >= 15 is 0 Å². The van der Waals surface area contributed by atoms with Gasteiger partial charge in [0.15, 0.2) is 0 Å². The second-order valence-electron chi connectivity index (χ2n) is 4.69. The van der Waals surface area contributed by atoms with Gasteiger partial charge >= 0.3 is 0 Å².